The molecule has 23 heavy (non-hydrogen) atoms. The number of nitrogens with zero attached hydrogens (tertiary/aromatic N) is 2. The Morgan fingerprint density at radius 2 is 1.91 bits per heavy atom. The van der Waals surface area contributed by atoms with Crippen LogP contribution in [0.15, 0.2) is 12.3 Å². The third-order valence-electron chi connectivity index (χ3n) is 4.29. The number of rotatable bonds is 5. The molecule has 124 valence electrons. The van der Waals surface area contributed by atoms with Gasteiger partial charge in [0.05, 0.1) is 6.54 Å². The fraction of sp³-hybridized carbons (Fsp3) is 0.562. The third-order valence-corrected chi connectivity index (χ3v) is 4.29. The molecule has 1 aromatic heterocycles. The molecule has 7 heteroatoms. The summed E-state index contributed by atoms with van der Waals surface area (Å²) in [6.07, 6.45) is 3.74. The van der Waals surface area contributed by atoms with E-state index in [-0.39, 0.29) is 17.6 Å². The highest BCUT2D eigenvalue weighted by molar-refractivity contribution is 5.99. The lowest BCUT2D eigenvalue weighted by atomic mass is 10.2. The molecule has 2 fully saturated rings. The SMILES string of the molecule is CC(=O)c1c[nH]c(C(=O)N2CCN(CC(=O)NC3CC3)CC2)c1. The molecule has 7 nitrogen and oxygen atoms in total. The van der Waals surface area contributed by atoms with Gasteiger partial charge in [-0.1, -0.05) is 0 Å². The van der Waals surface area contributed by atoms with Gasteiger partial charge in [-0.3, -0.25) is 19.3 Å². The highest BCUT2D eigenvalue weighted by Gasteiger charge is 2.27. The number of nitrogens with one attached hydrogen (secondary N) is 2. The Balaban J connectivity index is 1.48. The maximum absolute atomic E-state index is 12.4. The van der Waals surface area contributed by atoms with Crippen molar-refractivity contribution in [3.05, 3.63) is 23.5 Å². The standard InChI is InChI=1S/C16H22N4O3/c1-11(21)12-8-14(17-9-12)16(23)20-6-4-19(5-7-20)10-15(22)18-13-2-3-13/h8-9,13,17H,2-7,10H2,1H3,(H,18,22). The Morgan fingerprint density at radius 3 is 2.48 bits per heavy atom. The Bertz CT molecular complexity index is 613. The van der Waals surface area contributed by atoms with Crippen LogP contribution in [0.1, 0.15) is 40.6 Å². The van der Waals surface area contributed by atoms with Crippen molar-refractivity contribution in [2.45, 2.75) is 25.8 Å². The van der Waals surface area contributed by atoms with Gasteiger partial charge >= 0.3 is 0 Å². The molecule has 2 aliphatic rings. The number of Topliss-reactive ketones (excluding diaryl/α,β-unsaturated/α-hetero) is 1. The maximum atomic E-state index is 12.4. The number of aromatic nitrogens is 1. The minimum Gasteiger partial charge on any atom is -0.356 e. The number of aromatic amines is 1. The van der Waals surface area contributed by atoms with Gasteiger partial charge in [-0.2, -0.15) is 0 Å². The van der Waals surface area contributed by atoms with Crippen molar-refractivity contribution < 1.29 is 14.4 Å². The fourth-order valence-electron chi connectivity index (χ4n) is 2.70. The van der Waals surface area contributed by atoms with Gasteiger partial charge in [-0.15, -0.1) is 0 Å². The Labute approximate surface area is 135 Å². The van der Waals surface area contributed by atoms with Gasteiger partial charge in [0.25, 0.3) is 5.91 Å². The Morgan fingerprint density at radius 1 is 1.22 bits per heavy atom. The molecule has 0 unspecified atom stereocenters. The average molecular weight is 318 g/mol. The van der Waals surface area contributed by atoms with Crippen LogP contribution in [-0.2, 0) is 4.79 Å². The average Bonchev–Trinajstić information content (AvgIpc) is 3.18. The monoisotopic (exact) mass is 318 g/mol. The normalized spacial score (nSPS) is 18.7. The number of carbonyl (C=O) groups excluding carboxylic acids is 3. The summed E-state index contributed by atoms with van der Waals surface area (Å²) in [5.41, 5.74) is 0.957. The number of piperazine rings is 1. The van der Waals surface area contributed by atoms with E-state index in [2.05, 4.69) is 15.2 Å². The van der Waals surface area contributed by atoms with Crippen molar-refractivity contribution in [1.82, 2.24) is 20.1 Å². The molecule has 1 aromatic rings. The van der Waals surface area contributed by atoms with Crippen LogP contribution in [0, 0.1) is 0 Å². The molecule has 0 bridgehead atoms. The first-order valence-electron chi connectivity index (χ1n) is 8.03. The maximum Gasteiger partial charge on any atom is 0.270 e. The van der Waals surface area contributed by atoms with E-state index in [1.165, 1.54) is 6.92 Å². The lowest BCUT2D eigenvalue weighted by Crippen LogP contribution is -2.51. The number of H-pyrrole nitrogens is 1. The molecule has 0 spiro atoms. The molecule has 1 saturated carbocycles. The van der Waals surface area contributed by atoms with E-state index in [4.69, 9.17) is 0 Å². The van der Waals surface area contributed by atoms with Gasteiger partial charge in [0.15, 0.2) is 5.78 Å². The molecule has 2 N–H and O–H groups in total. The van der Waals surface area contributed by atoms with Gasteiger partial charge < -0.3 is 15.2 Å². The summed E-state index contributed by atoms with van der Waals surface area (Å²) in [5, 5.41) is 2.98. The highest BCUT2D eigenvalue weighted by atomic mass is 16.2. The first-order chi connectivity index (χ1) is 11.0. The number of amides is 2. The molecular formula is C16H22N4O3. The lowest BCUT2D eigenvalue weighted by molar-refractivity contribution is -0.122. The zero-order chi connectivity index (χ0) is 16.4. The Kier molecular flexibility index (Phi) is 4.47. The summed E-state index contributed by atoms with van der Waals surface area (Å²) in [5.74, 6) is -0.0888. The third kappa shape index (κ3) is 3.98. The van der Waals surface area contributed by atoms with Gasteiger partial charge in [0.2, 0.25) is 5.91 Å². The van der Waals surface area contributed by atoms with Crippen molar-refractivity contribution in [2.24, 2.45) is 0 Å². The summed E-state index contributed by atoms with van der Waals surface area (Å²) in [7, 11) is 0. The van der Waals surface area contributed by atoms with Crippen molar-refractivity contribution in [2.75, 3.05) is 32.7 Å². The van der Waals surface area contributed by atoms with E-state index >= 15 is 0 Å². The lowest BCUT2D eigenvalue weighted by Gasteiger charge is -2.34. The van der Waals surface area contributed by atoms with E-state index in [9.17, 15) is 14.4 Å². The molecule has 2 amide bonds. The molecule has 0 aromatic carbocycles. The molecule has 2 heterocycles. The number of carbonyl (C=O) groups is 3. The van der Waals surface area contributed by atoms with E-state index in [0.717, 1.165) is 12.8 Å². The van der Waals surface area contributed by atoms with Crippen LogP contribution < -0.4 is 5.32 Å². The molecule has 3 rings (SSSR count). The second kappa shape index (κ2) is 6.54. The second-order valence-corrected chi connectivity index (χ2v) is 6.27. The quantitative estimate of drug-likeness (QED) is 0.762. The minimum atomic E-state index is -0.0976. The zero-order valence-corrected chi connectivity index (χ0v) is 13.3. The van der Waals surface area contributed by atoms with E-state index in [1.807, 2.05) is 0 Å². The molecular weight excluding hydrogens is 296 g/mol. The predicted octanol–water partition coefficient (Wildman–Crippen LogP) is 0.254. The van der Waals surface area contributed by atoms with Crippen molar-refractivity contribution in [3.63, 3.8) is 0 Å². The number of ketones is 1. The van der Waals surface area contributed by atoms with Gasteiger partial charge in [-0.05, 0) is 25.8 Å². The van der Waals surface area contributed by atoms with Crippen LogP contribution in [0.3, 0.4) is 0 Å². The van der Waals surface area contributed by atoms with Crippen molar-refractivity contribution >= 4 is 17.6 Å². The largest absolute Gasteiger partial charge is 0.356 e. The van der Waals surface area contributed by atoms with Crippen LogP contribution in [0.5, 0.6) is 0 Å². The van der Waals surface area contributed by atoms with Gasteiger partial charge in [0, 0.05) is 44.0 Å². The van der Waals surface area contributed by atoms with Crippen LogP contribution in [0.25, 0.3) is 0 Å². The predicted molar refractivity (Wildman–Crippen MR) is 84.3 cm³/mol. The smallest absolute Gasteiger partial charge is 0.270 e. The Hall–Kier alpha value is -2.15. The molecule has 1 saturated heterocycles. The topological polar surface area (TPSA) is 85.5 Å². The second-order valence-electron chi connectivity index (χ2n) is 6.27. The van der Waals surface area contributed by atoms with E-state index in [1.54, 1.807) is 17.2 Å². The van der Waals surface area contributed by atoms with Crippen molar-refractivity contribution in [1.29, 1.82) is 0 Å². The summed E-state index contributed by atoms with van der Waals surface area (Å²) in [4.78, 5) is 42.2. The van der Waals surface area contributed by atoms with Crippen LogP contribution in [0.2, 0.25) is 0 Å². The van der Waals surface area contributed by atoms with Gasteiger partial charge in [0.1, 0.15) is 5.69 Å². The molecule has 0 radical (unpaired) electrons. The summed E-state index contributed by atoms with van der Waals surface area (Å²) in [6, 6.07) is 1.98. The van der Waals surface area contributed by atoms with E-state index in [0.29, 0.717) is 50.0 Å². The summed E-state index contributed by atoms with van der Waals surface area (Å²) in [6.45, 7) is 4.42. The van der Waals surface area contributed by atoms with Crippen LogP contribution >= 0.6 is 0 Å². The molecule has 1 aliphatic heterocycles. The molecule has 0 atom stereocenters. The van der Waals surface area contributed by atoms with Crippen LogP contribution in [0.4, 0.5) is 0 Å². The fourth-order valence-corrected chi connectivity index (χ4v) is 2.70. The molecule has 1 aliphatic carbocycles. The van der Waals surface area contributed by atoms with Crippen molar-refractivity contribution in [3.8, 4) is 0 Å². The zero-order valence-electron chi connectivity index (χ0n) is 13.3. The minimum absolute atomic E-state index is 0.0632. The van der Waals surface area contributed by atoms with Crippen LogP contribution in [-0.4, -0.2) is 71.1 Å². The first kappa shape index (κ1) is 15.7. The first-order valence-corrected chi connectivity index (χ1v) is 8.03. The number of hydrogen-bond donors (Lipinski definition) is 2. The summed E-state index contributed by atoms with van der Waals surface area (Å²) >= 11 is 0. The van der Waals surface area contributed by atoms with E-state index < -0.39 is 0 Å². The summed E-state index contributed by atoms with van der Waals surface area (Å²) < 4.78 is 0. The number of hydrogen-bond acceptors (Lipinski definition) is 4. The van der Waals surface area contributed by atoms with Gasteiger partial charge in [-0.25, -0.2) is 0 Å². The highest BCUT2D eigenvalue weighted by Crippen LogP contribution is 2.18.